The summed E-state index contributed by atoms with van der Waals surface area (Å²) in [5.74, 6) is -0.261. The summed E-state index contributed by atoms with van der Waals surface area (Å²) in [7, 11) is 0. The molecule has 132 valence electrons. The Kier molecular flexibility index (Phi) is 4.69. The van der Waals surface area contributed by atoms with Gasteiger partial charge in [0.05, 0.1) is 10.8 Å². The van der Waals surface area contributed by atoms with E-state index in [1.54, 1.807) is 34.1 Å². The molecule has 0 unspecified atom stereocenters. The minimum Gasteiger partial charge on any atom is -0.341 e. The SMILES string of the molecule is CC(=O)N1CCCN(C(=O)Cn2[nH]c(=O)c3ccccc3c2=O)CC1. The molecule has 8 heteroatoms. The fourth-order valence-corrected chi connectivity index (χ4v) is 3.07. The summed E-state index contributed by atoms with van der Waals surface area (Å²) in [5.41, 5.74) is -0.801. The summed E-state index contributed by atoms with van der Waals surface area (Å²) in [6, 6.07) is 6.52. The zero-order valence-corrected chi connectivity index (χ0v) is 14.0. The Morgan fingerprint density at radius 1 is 1.00 bits per heavy atom. The van der Waals surface area contributed by atoms with Crippen LogP contribution in [0.4, 0.5) is 0 Å². The molecule has 8 nitrogen and oxygen atoms in total. The number of carbonyl (C=O) groups excluding carboxylic acids is 2. The molecule has 0 saturated carbocycles. The number of H-pyrrole nitrogens is 1. The Morgan fingerprint density at radius 3 is 2.36 bits per heavy atom. The molecule has 1 N–H and O–H groups in total. The number of rotatable bonds is 2. The van der Waals surface area contributed by atoms with Crippen LogP contribution in [0.5, 0.6) is 0 Å². The summed E-state index contributed by atoms with van der Waals surface area (Å²) in [6.07, 6.45) is 0.689. The molecule has 1 aromatic carbocycles. The fourth-order valence-electron chi connectivity index (χ4n) is 3.07. The van der Waals surface area contributed by atoms with Crippen molar-refractivity contribution in [2.45, 2.75) is 19.9 Å². The molecule has 1 aliphatic heterocycles. The first kappa shape index (κ1) is 16.9. The number of fused-ring (bicyclic) bond motifs is 1. The minimum absolute atomic E-state index is 0.00984. The van der Waals surface area contributed by atoms with Crippen molar-refractivity contribution in [2.24, 2.45) is 0 Å². The molecule has 2 amide bonds. The average molecular weight is 344 g/mol. The number of nitrogens with zero attached hydrogens (tertiary/aromatic N) is 3. The zero-order chi connectivity index (χ0) is 18.0. The van der Waals surface area contributed by atoms with Gasteiger partial charge in [-0.05, 0) is 18.6 Å². The van der Waals surface area contributed by atoms with Gasteiger partial charge in [-0.25, -0.2) is 4.68 Å². The molecule has 0 radical (unpaired) electrons. The highest BCUT2D eigenvalue weighted by molar-refractivity contribution is 5.81. The second kappa shape index (κ2) is 6.92. The number of amides is 2. The summed E-state index contributed by atoms with van der Waals surface area (Å²) in [4.78, 5) is 51.9. The predicted molar refractivity (Wildman–Crippen MR) is 92.3 cm³/mol. The first-order chi connectivity index (χ1) is 12.0. The maximum Gasteiger partial charge on any atom is 0.273 e. The number of carbonyl (C=O) groups is 2. The van der Waals surface area contributed by atoms with E-state index in [-0.39, 0.29) is 23.7 Å². The average Bonchev–Trinajstić information content (AvgIpc) is 2.86. The Balaban J connectivity index is 1.81. The van der Waals surface area contributed by atoms with E-state index in [2.05, 4.69) is 5.10 Å². The first-order valence-corrected chi connectivity index (χ1v) is 8.22. The van der Waals surface area contributed by atoms with Crippen molar-refractivity contribution in [3.8, 4) is 0 Å². The summed E-state index contributed by atoms with van der Waals surface area (Å²) >= 11 is 0. The van der Waals surface area contributed by atoms with Crippen LogP contribution < -0.4 is 11.1 Å². The van der Waals surface area contributed by atoms with Gasteiger partial charge in [0.1, 0.15) is 6.54 Å². The van der Waals surface area contributed by atoms with Crippen LogP contribution in [0.25, 0.3) is 10.8 Å². The van der Waals surface area contributed by atoms with E-state index in [0.29, 0.717) is 38.0 Å². The van der Waals surface area contributed by atoms with Crippen LogP contribution in [-0.4, -0.2) is 57.6 Å². The van der Waals surface area contributed by atoms with Crippen molar-refractivity contribution in [3.63, 3.8) is 0 Å². The van der Waals surface area contributed by atoms with E-state index in [1.807, 2.05) is 0 Å². The Labute approximate surface area is 143 Å². The van der Waals surface area contributed by atoms with Crippen LogP contribution >= 0.6 is 0 Å². The Morgan fingerprint density at radius 2 is 1.64 bits per heavy atom. The summed E-state index contributed by atoms with van der Waals surface area (Å²) < 4.78 is 1.06. The molecule has 25 heavy (non-hydrogen) atoms. The highest BCUT2D eigenvalue weighted by Gasteiger charge is 2.21. The second-order valence-electron chi connectivity index (χ2n) is 6.12. The van der Waals surface area contributed by atoms with Crippen LogP contribution in [0.1, 0.15) is 13.3 Å². The van der Waals surface area contributed by atoms with E-state index in [0.717, 1.165) is 4.68 Å². The lowest BCUT2D eigenvalue weighted by Crippen LogP contribution is -2.41. The van der Waals surface area contributed by atoms with E-state index >= 15 is 0 Å². The highest BCUT2D eigenvalue weighted by atomic mass is 16.2. The monoisotopic (exact) mass is 344 g/mol. The van der Waals surface area contributed by atoms with Crippen molar-refractivity contribution >= 4 is 22.6 Å². The van der Waals surface area contributed by atoms with Crippen LogP contribution in [-0.2, 0) is 16.1 Å². The van der Waals surface area contributed by atoms with Gasteiger partial charge in [-0.1, -0.05) is 12.1 Å². The molecule has 1 fully saturated rings. The molecule has 1 saturated heterocycles. The Bertz CT molecular complexity index is 930. The number of aromatic amines is 1. The lowest BCUT2D eigenvalue weighted by atomic mass is 10.2. The topological polar surface area (TPSA) is 95.5 Å². The van der Waals surface area contributed by atoms with Gasteiger partial charge in [0.15, 0.2) is 0 Å². The summed E-state index contributed by atoms with van der Waals surface area (Å²) in [6.45, 7) is 3.33. The van der Waals surface area contributed by atoms with Crippen molar-refractivity contribution in [3.05, 3.63) is 45.0 Å². The molecule has 2 heterocycles. The fraction of sp³-hybridized carbons (Fsp3) is 0.412. The van der Waals surface area contributed by atoms with Crippen LogP contribution in [0.2, 0.25) is 0 Å². The quantitative estimate of drug-likeness (QED) is 0.814. The highest BCUT2D eigenvalue weighted by Crippen LogP contribution is 2.05. The lowest BCUT2D eigenvalue weighted by molar-refractivity contribution is -0.133. The number of hydrogen-bond acceptors (Lipinski definition) is 4. The number of benzene rings is 1. The largest absolute Gasteiger partial charge is 0.341 e. The minimum atomic E-state index is -0.401. The molecule has 1 aliphatic rings. The third kappa shape index (κ3) is 3.47. The number of aromatic nitrogens is 2. The van der Waals surface area contributed by atoms with Gasteiger partial charge >= 0.3 is 0 Å². The molecule has 0 bridgehead atoms. The summed E-state index contributed by atoms with van der Waals surface area (Å²) in [5, 5.41) is 3.07. The Hall–Kier alpha value is -2.90. The molecule has 0 aliphatic carbocycles. The normalized spacial score (nSPS) is 15.2. The van der Waals surface area contributed by atoms with Crippen molar-refractivity contribution in [2.75, 3.05) is 26.2 Å². The third-order valence-corrected chi connectivity index (χ3v) is 4.47. The van der Waals surface area contributed by atoms with Crippen molar-refractivity contribution < 1.29 is 9.59 Å². The van der Waals surface area contributed by atoms with Crippen LogP contribution in [0, 0.1) is 0 Å². The van der Waals surface area contributed by atoms with E-state index in [9.17, 15) is 19.2 Å². The van der Waals surface area contributed by atoms with Gasteiger partial charge in [0.25, 0.3) is 11.1 Å². The van der Waals surface area contributed by atoms with Crippen molar-refractivity contribution in [1.82, 2.24) is 19.6 Å². The molecule has 2 aromatic rings. The molecule has 0 atom stereocenters. The maximum absolute atomic E-state index is 12.5. The van der Waals surface area contributed by atoms with Gasteiger partial charge in [0.2, 0.25) is 11.8 Å². The van der Waals surface area contributed by atoms with Gasteiger partial charge < -0.3 is 9.80 Å². The smallest absolute Gasteiger partial charge is 0.273 e. The van der Waals surface area contributed by atoms with Gasteiger partial charge in [-0.15, -0.1) is 0 Å². The van der Waals surface area contributed by atoms with E-state index < -0.39 is 11.1 Å². The molecule has 0 spiro atoms. The van der Waals surface area contributed by atoms with Gasteiger partial charge in [-0.2, -0.15) is 0 Å². The predicted octanol–water partition coefficient (Wildman–Crippen LogP) is -0.229. The van der Waals surface area contributed by atoms with Crippen LogP contribution in [0.15, 0.2) is 33.9 Å². The van der Waals surface area contributed by atoms with E-state index in [4.69, 9.17) is 0 Å². The standard InChI is InChI=1S/C17H20N4O4/c1-12(22)19-7-4-8-20(10-9-19)15(23)11-21-17(25)14-6-3-2-5-13(14)16(24)18-21/h2-3,5-6H,4,7-11H2,1H3,(H,18,24). The second-order valence-corrected chi connectivity index (χ2v) is 6.12. The van der Waals surface area contributed by atoms with Gasteiger partial charge in [-0.3, -0.25) is 24.3 Å². The molecule has 1 aromatic heterocycles. The van der Waals surface area contributed by atoms with E-state index in [1.165, 1.54) is 6.92 Å². The molecular weight excluding hydrogens is 324 g/mol. The zero-order valence-electron chi connectivity index (χ0n) is 14.0. The molecular formula is C17H20N4O4. The number of hydrogen-bond donors (Lipinski definition) is 1. The molecule has 3 rings (SSSR count). The van der Waals surface area contributed by atoms with Crippen molar-refractivity contribution in [1.29, 1.82) is 0 Å². The van der Waals surface area contributed by atoms with Gasteiger partial charge in [0, 0.05) is 33.1 Å². The van der Waals surface area contributed by atoms with Crippen LogP contribution in [0.3, 0.4) is 0 Å². The first-order valence-electron chi connectivity index (χ1n) is 8.22. The third-order valence-electron chi connectivity index (χ3n) is 4.47. The lowest BCUT2D eigenvalue weighted by Gasteiger charge is -2.21. The maximum atomic E-state index is 12.5. The number of nitrogens with one attached hydrogen (secondary N) is 1.